The molecule has 2 aromatic carbocycles. The first-order valence-electron chi connectivity index (χ1n) is 8.70. The fraction of sp³-hybridized carbons (Fsp3) is 0.100. The predicted octanol–water partition coefficient (Wildman–Crippen LogP) is 1.10. The summed E-state index contributed by atoms with van der Waals surface area (Å²) in [5, 5.41) is 9.28. The average molecular weight is 393 g/mol. The second kappa shape index (κ2) is 9.18. The Kier molecular flexibility index (Phi) is 6.21. The number of nitrogens with zero attached hydrogens (tertiary/aromatic N) is 2. The minimum absolute atomic E-state index is 0.204. The van der Waals surface area contributed by atoms with Crippen molar-refractivity contribution in [1.82, 2.24) is 15.1 Å². The van der Waals surface area contributed by atoms with E-state index in [2.05, 4.69) is 15.7 Å². The molecule has 3 amide bonds. The van der Waals surface area contributed by atoms with Gasteiger partial charge in [0.1, 0.15) is 5.75 Å². The highest BCUT2D eigenvalue weighted by Crippen LogP contribution is 2.13. The zero-order valence-electron chi connectivity index (χ0n) is 15.4. The van der Waals surface area contributed by atoms with E-state index in [0.717, 1.165) is 5.69 Å². The van der Waals surface area contributed by atoms with Crippen LogP contribution in [0.15, 0.2) is 67.0 Å². The van der Waals surface area contributed by atoms with Gasteiger partial charge in [0.2, 0.25) is 11.8 Å². The third kappa shape index (κ3) is 5.67. The summed E-state index contributed by atoms with van der Waals surface area (Å²) < 4.78 is 7.00. The van der Waals surface area contributed by atoms with Gasteiger partial charge in [-0.3, -0.25) is 14.4 Å². The normalized spacial score (nSPS) is 10.2. The molecule has 1 aromatic heterocycles. The van der Waals surface area contributed by atoms with Crippen molar-refractivity contribution >= 4 is 23.4 Å². The minimum atomic E-state index is -0.589. The first-order valence-corrected chi connectivity index (χ1v) is 8.70. The van der Waals surface area contributed by atoms with Crippen molar-refractivity contribution in [3.63, 3.8) is 0 Å². The van der Waals surface area contributed by atoms with Gasteiger partial charge in [0.15, 0.2) is 6.61 Å². The van der Waals surface area contributed by atoms with Crippen LogP contribution in [-0.4, -0.2) is 40.7 Å². The van der Waals surface area contributed by atoms with Gasteiger partial charge in [0, 0.05) is 23.6 Å². The lowest BCUT2D eigenvalue weighted by Crippen LogP contribution is -2.35. The summed E-state index contributed by atoms with van der Waals surface area (Å²) in [7, 11) is 0. The fourth-order valence-corrected chi connectivity index (χ4v) is 2.44. The number of hydrogen-bond donors (Lipinski definition) is 3. The van der Waals surface area contributed by atoms with Crippen molar-refractivity contribution in [2.24, 2.45) is 5.73 Å². The zero-order valence-corrected chi connectivity index (χ0v) is 15.4. The van der Waals surface area contributed by atoms with E-state index in [1.807, 2.05) is 24.4 Å². The molecule has 0 aliphatic rings. The van der Waals surface area contributed by atoms with Crippen LogP contribution in [0.4, 0.5) is 5.69 Å². The van der Waals surface area contributed by atoms with Gasteiger partial charge in [-0.2, -0.15) is 5.10 Å². The quantitative estimate of drug-likeness (QED) is 0.528. The number of carbonyl (C=O) groups excluding carboxylic acids is 3. The topological polar surface area (TPSA) is 128 Å². The Bertz CT molecular complexity index is 1000. The average Bonchev–Trinajstić information content (AvgIpc) is 3.26. The molecule has 4 N–H and O–H groups in total. The maximum atomic E-state index is 12.0. The van der Waals surface area contributed by atoms with E-state index in [0.29, 0.717) is 11.4 Å². The highest BCUT2D eigenvalue weighted by Gasteiger charge is 2.08. The first-order chi connectivity index (χ1) is 14.0. The molecule has 148 valence electrons. The molecule has 0 aliphatic heterocycles. The highest BCUT2D eigenvalue weighted by atomic mass is 16.5. The summed E-state index contributed by atoms with van der Waals surface area (Å²) in [6, 6.07) is 15.1. The largest absolute Gasteiger partial charge is 0.484 e. The third-order valence-electron chi connectivity index (χ3n) is 3.85. The van der Waals surface area contributed by atoms with Gasteiger partial charge < -0.3 is 21.1 Å². The summed E-state index contributed by atoms with van der Waals surface area (Å²) in [6.45, 7) is -0.501. The molecule has 3 rings (SSSR count). The van der Waals surface area contributed by atoms with Crippen LogP contribution >= 0.6 is 0 Å². The van der Waals surface area contributed by atoms with E-state index in [9.17, 15) is 14.4 Å². The van der Waals surface area contributed by atoms with Crippen molar-refractivity contribution in [2.75, 3.05) is 18.5 Å². The molecule has 0 spiro atoms. The second-order valence-corrected chi connectivity index (χ2v) is 6.00. The van der Waals surface area contributed by atoms with Gasteiger partial charge in [0.25, 0.3) is 5.91 Å². The second-order valence-electron chi connectivity index (χ2n) is 6.00. The van der Waals surface area contributed by atoms with E-state index in [1.165, 1.54) is 6.07 Å². The molecule has 0 atom stereocenters. The molecule has 3 aromatic rings. The number of amides is 3. The van der Waals surface area contributed by atoms with Gasteiger partial charge in [-0.15, -0.1) is 0 Å². The first kappa shape index (κ1) is 19.6. The lowest BCUT2D eigenvalue weighted by molar-refractivity contribution is -0.125. The van der Waals surface area contributed by atoms with Crippen molar-refractivity contribution in [3.05, 3.63) is 72.6 Å². The number of hydrogen-bond acceptors (Lipinski definition) is 5. The molecule has 0 radical (unpaired) electrons. The van der Waals surface area contributed by atoms with Crippen molar-refractivity contribution in [3.8, 4) is 11.4 Å². The number of nitrogens with two attached hydrogens (primary N) is 1. The molecular weight excluding hydrogens is 374 g/mol. The number of rotatable bonds is 8. The third-order valence-corrected chi connectivity index (χ3v) is 3.85. The van der Waals surface area contributed by atoms with E-state index < -0.39 is 11.8 Å². The lowest BCUT2D eigenvalue weighted by Gasteiger charge is -2.09. The summed E-state index contributed by atoms with van der Waals surface area (Å²) in [5.41, 5.74) is 6.93. The van der Waals surface area contributed by atoms with E-state index in [1.54, 1.807) is 41.2 Å². The van der Waals surface area contributed by atoms with Crippen molar-refractivity contribution in [2.45, 2.75) is 0 Å². The van der Waals surface area contributed by atoms with Crippen molar-refractivity contribution < 1.29 is 19.1 Å². The molecule has 0 fully saturated rings. The molecule has 9 nitrogen and oxygen atoms in total. The number of primary amides is 1. The van der Waals surface area contributed by atoms with E-state index in [-0.39, 0.29) is 24.6 Å². The summed E-state index contributed by atoms with van der Waals surface area (Å²) in [6.07, 6.45) is 3.49. The van der Waals surface area contributed by atoms with Gasteiger partial charge >= 0.3 is 0 Å². The van der Waals surface area contributed by atoms with E-state index >= 15 is 0 Å². The Morgan fingerprint density at radius 2 is 1.83 bits per heavy atom. The molecule has 1 heterocycles. The Hall–Kier alpha value is -4.14. The maximum Gasteiger partial charge on any atom is 0.258 e. The molecule has 0 bridgehead atoms. The number of aromatic nitrogens is 2. The Labute approximate surface area is 166 Å². The van der Waals surface area contributed by atoms with Crippen LogP contribution in [-0.2, 0) is 9.59 Å². The number of anilines is 1. The van der Waals surface area contributed by atoms with Crippen molar-refractivity contribution in [1.29, 1.82) is 0 Å². The SMILES string of the molecule is NC(=O)c1cccc(OCC(=O)NCC(=O)Nc2ccc(-n3cccn3)cc2)c1. The van der Waals surface area contributed by atoms with Gasteiger partial charge in [-0.05, 0) is 48.5 Å². The molecule has 9 heteroatoms. The molecule has 0 aliphatic carbocycles. The number of ether oxygens (including phenoxy) is 1. The maximum absolute atomic E-state index is 12.0. The van der Waals surface area contributed by atoms with Crippen LogP contribution in [0.1, 0.15) is 10.4 Å². The number of nitrogens with one attached hydrogen (secondary N) is 2. The summed E-state index contributed by atoms with van der Waals surface area (Å²) in [5.74, 6) is -1.10. The lowest BCUT2D eigenvalue weighted by atomic mass is 10.2. The number of benzene rings is 2. The molecule has 0 saturated heterocycles. The molecule has 0 saturated carbocycles. The summed E-state index contributed by atoms with van der Waals surface area (Å²) in [4.78, 5) is 35.0. The van der Waals surface area contributed by atoms with Crippen LogP contribution in [0.3, 0.4) is 0 Å². The highest BCUT2D eigenvalue weighted by molar-refractivity contribution is 5.95. The zero-order chi connectivity index (χ0) is 20.6. The summed E-state index contributed by atoms with van der Waals surface area (Å²) >= 11 is 0. The molecule has 0 unspecified atom stereocenters. The Balaban J connectivity index is 1.42. The molecular formula is C20H19N5O4. The number of carbonyl (C=O) groups is 3. The standard InChI is InChI=1S/C20H19N5O4/c21-20(28)14-3-1-4-17(11-14)29-13-19(27)22-12-18(26)24-15-5-7-16(8-6-15)25-10-2-9-23-25/h1-11H,12-13H2,(H2,21,28)(H,22,27)(H,24,26). The predicted molar refractivity (Wildman–Crippen MR) is 106 cm³/mol. The van der Waals surface area contributed by atoms with E-state index in [4.69, 9.17) is 10.5 Å². The van der Waals surface area contributed by atoms with Crippen LogP contribution in [0, 0.1) is 0 Å². The Morgan fingerprint density at radius 1 is 1.03 bits per heavy atom. The molecule has 29 heavy (non-hydrogen) atoms. The van der Waals surface area contributed by atoms with Crippen LogP contribution < -0.4 is 21.1 Å². The Morgan fingerprint density at radius 3 is 2.52 bits per heavy atom. The smallest absolute Gasteiger partial charge is 0.258 e. The van der Waals surface area contributed by atoms with Gasteiger partial charge in [-0.1, -0.05) is 6.07 Å². The van der Waals surface area contributed by atoms with Crippen LogP contribution in [0.2, 0.25) is 0 Å². The minimum Gasteiger partial charge on any atom is -0.484 e. The van der Waals surface area contributed by atoms with Crippen LogP contribution in [0.5, 0.6) is 5.75 Å². The fourth-order valence-electron chi connectivity index (χ4n) is 2.44. The van der Waals surface area contributed by atoms with Gasteiger partial charge in [-0.25, -0.2) is 4.68 Å². The monoisotopic (exact) mass is 393 g/mol. The van der Waals surface area contributed by atoms with Gasteiger partial charge in [0.05, 0.1) is 12.2 Å². The van der Waals surface area contributed by atoms with Crippen LogP contribution in [0.25, 0.3) is 5.69 Å².